The number of alkyl halides is 2. The van der Waals surface area contributed by atoms with E-state index in [-0.39, 0.29) is 23.7 Å². The zero-order valence-electron chi connectivity index (χ0n) is 13.5. The highest BCUT2D eigenvalue weighted by Crippen LogP contribution is 2.21. The topological polar surface area (TPSA) is 76.4 Å². The Morgan fingerprint density at radius 2 is 1.85 bits per heavy atom. The normalized spacial score (nSPS) is 10.7. The maximum Gasteiger partial charge on any atom is 0.387 e. The van der Waals surface area contributed by atoms with Crippen LogP contribution in [0.1, 0.15) is 16.1 Å². The number of carbonyl (C=O) groups is 1. The first-order valence-electron chi connectivity index (χ1n) is 7.69. The molecular weight excluding hydrogens is 344 g/mol. The van der Waals surface area contributed by atoms with Gasteiger partial charge in [0, 0.05) is 12.1 Å². The van der Waals surface area contributed by atoms with Crippen molar-refractivity contribution >= 4 is 5.91 Å². The Bertz CT molecular complexity index is 898. The smallest absolute Gasteiger partial charge is 0.387 e. The van der Waals surface area contributed by atoms with E-state index in [1.807, 2.05) is 6.07 Å². The molecule has 0 fully saturated rings. The van der Waals surface area contributed by atoms with Crippen LogP contribution in [0.4, 0.5) is 8.78 Å². The molecule has 0 saturated heterocycles. The summed E-state index contributed by atoms with van der Waals surface area (Å²) in [5.41, 5.74) is 0.891. The lowest BCUT2D eigenvalue weighted by atomic mass is 10.2. The van der Waals surface area contributed by atoms with Crippen molar-refractivity contribution in [1.29, 1.82) is 0 Å². The third-order valence-electron chi connectivity index (χ3n) is 3.56. The lowest BCUT2D eigenvalue weighted by molar-refractivity contribution is -0.0504. The van der Waals surface area contributed by atoms with Crippen LogP contribution < -0.4 is 10.1 Å². The van der Waals surface area contributed by atoms with Crippen LogP contribution in [0.2, 0.25) is 0 Å². The molecule has 0 bridgehead atoms. The van der Waals surface area contributed by atoms with Crippen LogP contribution in [-0.2, 0) is 6.54 Å². The van der Waals surface area contributed by atoms with E-state index in [9.17, 15) is 18.7 Å². The monoisotopic (exact) mass is 359 g/mol. The standard InChI is InChI=1S/C18H15F2N3O3/c19-18(20)26-15-9-5-4-6-12(15)10-21-17(25)16-14(24)11-23(22-16)13-7-2-1-3-8-13/h1-9,11,18,24H,10H2,(H,21,25). The van der Waals surface area contributed by atoms with Gasteiger partial charge in [-0.2, -0.15) is 13.9 Å². The molecule has 8 heteroatoms. The fraction of sp³-hybridized carbons (Fsp3) is 0.111. The minimum absolute atomic E-state index is 0.0261. The average Bonchev–Trinajstić information content (AvgIpc) is 3.03. The number of para-hydroxylation sites is 2. The second-order valence-electron chi connectivity index (χ2n) is 5.31. The van der Waals surface area contributed by atoms with Crippen LogP contribution in [0.15, 0.2) is 60.8 Å². The maximum absolute atomic E-state index is 12.4. The molecule has 2 aromatic carbocycles. The summed E-state index contributed by atoms with van der Waals surface area (Å²) in [6.07, 6.45) is 1.32. The molecule has 1 amide bonds. The number of aromatic nitrogens is 2. The number of amides is 1. The Morgan fingerprint density at radius 1 is 1.15 bits per heavy atom. The van der Waals surface area contributed by atoms with E-state index < -0.39 is 12.5 Å². The van der Waals surface area contributed by atoms with Crippen LogP contribution in [0.3, 0.4) is 0 Å². The lowest BCUT2D eigenvalue weighted by Gasteiger charge is -2.10. The molecule has 0 aliphatic heterocycles. The van der Waals surface area contributed by atoms with Gasteiger partial charge in [-0.05, 0) is 18.2 Å². The molecule has 1 aromatic heterocycles. The molecule has 0 unspecified atom stereocenters. The Kier molecular flexibility index (Phi) is 5.12. The highest BCUT2D eigenvalue weighted by molar-refractivity contribution is 5.94. The van der Waals surface area contributed by atoms with Crippen molar-refractivity contribution in [3.63, 3.8) is 0 Å². The predicted molar refractivity (Wildman–Crippen MR) is 89.5 cm³/mol. The highest BCUT2D eigenvalue weighted by Gasteiger charge is 2.18. The van der Waals surface area contributed by atoms with Crippen LogP contribution >= 0.6 is 0 Å². The Labute approximate surface area is 147 Å². The van der Waals surface area contributed by atoms with Gasteiger partial charge >= 0.3 is 6.61 Å². The average molecular weight is 359 g/mol. The molecule has 0 aliphatic carbocycles. The van der Waals surface area contributed by atoms with Crippen LogP contribution in [-0.4, -0.2) is 27.4 Å². The molecule has 134 valence electrons. The molecular formula is C18H15F2N3O3. The van der Waals surface area contributed by atoms with E-state index in [4.69, 9.17) is 0 Å². The number of halogens is 2. The first kappa shape index (κ1) is 17.4. The van der Waals surface area contributed by atoms with Crippen LogP contribution in [0, 0.1) is 0 Å². The minimum Gasteiger partial charge on any atom is -0.504 e. The van der Waals surface area contributed by atoms with Gasteiger partial charge in [-0.15, -0.1) is 0 Å². The molecule has 3 aromatic rings. The third-order valence-corrected chi connectivity index (χ3v) is 3.56. The van der Waals surface area contributed by atoms with Crippen LogP contribution in [0.25, 0.3) is 5.69 Å². The number of rotatable bonds is 6. The van der Waals surface area contributed by atoms with Gasteiger partial charge in [-0.1, -0.05) is 36.4 Å². The van der Waals surface area contributed by atoms with Crippen molar-refractivity contribution in [3.05, 3.63) is 72.1 Å². The van der Waals surface area contributed by atoms with Crippen molar-refractivity contribution < 1.29 is 23.4 Å². The van der Waals surface area contributed by atoms with E-state index in [1.165, 1.54) is 16.9 Å². The Balaban J connectivity index is 1.73. The molecule has 2 N–H and O–H groups in total. The predicted octanol–water partition coefficient (Wildman–Crippen LogP) is 3.11. The molecule has 1 heterocycles. The Morgan fingerprint density at radius 3 is 2.58 bits per heavy atom. The fourth-order valence-electron chi connectivity index (χ4n) is 2.36. The van der Waals surface area contributed by atoms with Gasteiger partial charge in [0.2, 0.25) is 0 Å². The summed E-state index contributed by atoms with van der Waals surface area (Å²) in [6.45, 7) is -3.02. The summed E-state index contributed by atoms with van der Waals surface area (Å²) in [4.78, 5) is 12.3. The number of benzene rings is 2. The van der Waals surface area contributed by atoms with Gasteiger partial charge in [0.25, 0.3) is 5.91 Å². The van der Waals surface area contributed by atoms with Gasteiger partial charge in [0.05, 0.1) is 11.9 Å². The second-order valence-corrected chi connectivity index (χ2v) is 5.31. The van der Waals surface area contributed by atoms with E-state index in [0.717, 1.165) is 0 Å². The van der Waals surface area contributed by atoms with E-state index in [2.05, 4.69) is 15.2 Å². The first-order chi connectivity index (χ1) is 12.5. The SMILES string of the molecule is O=C(NCc1ccccc1OC(F)F)c1nn(-c2ccccc2)cc1O. The summed E-state index contributed by atoms with van der Waals surface area (Å²) in [5.74, 6) is -0.950. The van der Waals surface area contributed by atoms with Gasteiger partial charge in [0.15, 0.2) is 11.4 Å². The number of hydrogen-bond donors (Lipinski definition) is 2. The number of nitrogens with one attached hydrogen (secondary N) is 1. The third kappa shape index (κ3) is 3.97. The maximum atomic E-state index is 12.4. The van der Waals surface area contributed by atoms with Gasteiger partial charge in [-0.3, -0.25) is 4.79 Å². The number of aromatic hydroxyl groups is 1. The quantitative estimate of drug-likeness (QED) is 0.709. The highest BCUT2D eigenvalue weighted by atomic mass is 19.3. The molecule has 0 spiro atoms. The van der Waals surface area contributed by atoms with Crippen molar-refractivity contribution in [2.45, 2.75) is 13.2 Å². The van der Waals surface area contributed by atoms with Gasteiger partial charge in [0.1, 0.15) is 5.75 Å². The number of hydrogen-bond acceptors (Lipinski definition) is 4. The summed E-state index contributed by atoms with van der Waals surface area (Å²) in [5, 5.41) is 16.6. The van der Waals surface area contributed by atoms with Crippen molar-refractivity contribution in [2.24, 2.45) is 0 Å². The summed E-state index contributed by atoms with van der Waals surface area (Å²) < 4.78 is 30.6. The fourth-order valence-corrected chi connectivity index (χ4v) is 2.36. The molecule has 0 radical (unpaired) electrons. The Hall–Kier alpha value is -3.42. The number of carbonyl (C=O) groups excluding carboxylic acids is 1. The summed E-state index contributed by atoms with van der Waals surface area (Å²) in [7, 11) is 0. The van der Waals surface area contributed by atoms with Gasteiger partial charge in [-0.25, -0.2) is 4.68 Å². The van der Waals surface area contributed by atoms with Gasteiger partial charge < -0.3 is 15.2 Å². The molecule has 0 saturated carbocycles. The molecule has 3 rings (SSSR count). The molecule has 0 atom stereocenters. The van der Waals surface area contributed by atoms with E-state index >= 15 is 0 Å². The zero-order valence-corrected chi connectivity index (χ0v) is 13.5. The zero-order chi connectivity index (χ0) is 18.5. The van der Waals surface area contributed by atoms with Crippen molar-refractivity contribution in [1.82, 2.24) is 15.1 Å². The first-order valence-corrected chi connectivity index (χ1v) is 7.69. The number of ether oxygens (including phenoxy) is 1. The summed E-state index contributed by atoms with van der Waals surface area (Å²) >= 11 is 0. The second kappa shape index (κ2) is 7.64. The molecule has 0 aliphatic rings. The van der Waals surface area contributed by atoms with E-state index in [1.54, 1.807) is 42.5 Å². The van der Waals surface area contributed by atoms with Crippen molar-refractivity contribution in [3.8, 4) is 17.2 Å². The van der Waals surface area contributed by atoms with Crippen molar-refractivity contribution in [2.75, 3.05) is 0 Å². The molecule has 26 heavy (non-hydrogen) atoms. The minimum atomic E-state index is -2.96. The largest absolute Gasteiger partial charge is 0.504 e. The summed E-state index contributed by atoms with van der Waals surface area (Å²) in [6, 6.07) is 15.1. The lowest BCUT2D eigenvalue weighted by Crippen LogP contribution is -2.24. The number of nitrogens with zero attached hydrogens (tertiary/aromatic N) is 2. The van der Waals surface area contributed by atoms with Crippen LogP contribution in [0.5, 0.6) is 11.5 Å². The molecule has 6 nitrogen and oxygen atoms in total. The van der Waals surface area contributed by atoms with E-state index in [0.29, 0.717) is 11.3 Å².